The summed E-state index contributed by atoms with van der Waals surface area (Å²) in [5.74, 6) is 2.16. The largest absolute Gasteiger partial charge is 0.354 e. The number of hydrogen-bond acceptors (Lipinski definition) is 9. The number of aromatic nitrogens is 5. The minimum Gasteiger partial charge on any atom is -0.354 e. The quantitative estimate of drug-likeness (QED) is 0.473. The van der Waals surface area contributed by atoms with Crippen molar-refractivity contribution in [3.63, 3.8) is 0 Å². The average molecular weight is 459 g/mol. The van der Waals surface area contributed by atoms with Gasteiger partial charge in [-0.05, 0) is 12.1 Å². The molecule has 30 heavy (non-hydrogen) atoms. The Morgan fingerprint density at radius 1 is 1.00 bits per heavy atom. The molecule has 0 unspecified atom stereocenters. The fraction of sp³-hybridized carbons (Fsp3) is 0.211. The van der Waals surface area contributed by atoms with Gasteiger partial charge in [-0.1, -0.05) is 29.3 Å². The number of thiazole rings is 1. The smallest absolute Gasteiger partial charge is 0.176 e. The highest BCUT2D eigenvalue weighted by atomic mass is 35.5. The van der Waals surface area contributed by atoms with Crippen LogP contribution in [0.3, 0.4) is 0 Å². The van der Waals surface area contributed by atoms with E-state index in [1.54, 1.807) is 24.5 Å². The summed E-state index contributed by atoms with van der Waals surface area (Å²) in [4.78, 5) is 24.3. The first-order chi connectivity index (χ1) is 14.7. The average Bonchev–Trinajstić information content (AvgIpc) is 3.19. The van der Waals surface area contributed by atoms with Gasteiger partial charge in [0.05, 0.1) is 10.0 Å². The monoisotopic (exact) mass is 458 g/mol. The number of halogens is 2. The second-order valence-electron chi connectivity index (χ2n) is 6.61. The van der Waals surface area contributed by atoms with Gasteiger partial charge in [-0.3, -0.25) is 0 Å². The molecule has 0 spiro atoms. The molecule has 4 heterocycles. The fourth-order valence-electron chi connectivity index (χ4n) is 3.26. The molecule has 1 aromatic carbocycles. The van der Waals surface area contributed by atoms with Crippen LogP contribution in [-0.4, -0.2) is 51.1 Å². The van der Waals surface area contributed by atoms with Gasteiger partial charge in [-0.15, -0.1) is 11.3 Å². The molecule has 1 fully saturated rings. The normalized spacial score (nSPS) is 14.3. The zero-order valence-corrected chi connectivity index (χ0v) is 18.0. The van der Waals surface area contributed by atoms with Gasteiger partial charge in [-0.25, -0.2) is 24.9 Å². The van der Waals surface area contributed by atoms with Gasteiger partial charge in [0.15, 0.2) is 11.5 Å². The summed E-state index contributed by atoms with van der Waals surface area (Å²) in [5.41, 5.74) is 1.26. The zero-order valence-electron chi connectivity index (χ0n) is 15.6. The molecule has 11 heteroatoms. The highest BCUT2D eigenvalue weighted by Gasteiger charge is 2.17. The lowest BCUT2D eigenvalue weighted by molar-refractivity contribution is 0.584. The summed E-state index contributed by atoms with van der Waals surface area (Å²) in [6.07, 6.45) is 3.03. The van der Waals surface area contributed by atoms with E-state index >= 15 is 0 Å². The zero-order chi connectivity index (χ0) is 20.5. The van der Waals surface area contributed by atoms with E-state index < -0.39 is 0 Å². The van der Waals surface area contributed by atoms with Gasteiger partial charge < -0.3 is 15.5 Å². The van der Waals surface area contributed by atoms with Crippen LogP contribution in [-0.2, 0) is 0 Å². The Labute approximate surface area is 186 Å². The molecule has 152 valence electrons. The number of nitrogens with zero attached hydrogens (tertiary/aromatic N) is 6. The van der Waals surface area contributed by atoms with Crippen LogP contribution < -0.4 is 15.5 Å². The summed E-state index contributed by atoms with van der Waals surface area (Å²) in [6, 6.07) is 7.31. The fourth-order valence-corrected chi connectivity index (χ4v) is 4.98. The molecule has 0 bridgehead atoms. The summed E-state index contributed by atoms with van der Waals surface area (Å²) in [5, 5.41) is 8.39. The highest BCUT2D eigenvalue weighted by molar-refractivity contribution is 7.22. The summed E-state index contributed by atoms with van der Waals surface area (Å²) in [6.45, 7) is 3.69. The molecular weight excluding hydrogens is 443 g/mol. The SMILES string of the molecule is Clc1cccc(Cl)c1-c1nc2ncnc(Nc3cc(N4CCNCC4)ncn3)c2s1. The van der Waals surface area contributed by atoms with Gasteiger partial charge in [0.25, 0.3) is 0 Å². The maximum atomic E-state index is 6.36. The summed E-state index contributed by atoms with van der Waals surface area (Å²) < 4.78 is 0.797. The Hall–Kier alpha value is -2.59. The molecule has 1 saturated heterocycles. The summed E-state index contributed by atoms with van der Waals surface area (Å²) >= 11 is 14.1. The van der Waals surface area contributed by atoms with Crippen LogP contribution >= 0.6 is 34.5 Å². The van der Waals surface area contributed by atoms with E-state index in [4.69, 9.17) is 23.2 Å². The topological polar surface area (TPSA) is 91.8 Å². The van der Waals surface area contributed by atoms with Crippen LogP contribution in [0.5, 0.6) is 0 Å². The Balaban J connectivity index is 1.49. The van der Waals surface area contributed by atoms with Crippen LogP contribution in [0.4, 0.5) is 17.5 Å². The van der Waals surface area contributed by atoms with Gasteiger partial charge in [0.2, 0.25) is 0 Å². The molecule has 1 aliphatic rings. The highest BCUT2D eigenvalue weighted by Crippen LogP contribution is 2.40. The van der Waals surface area contributed by atoms with Crippen LogP contribution in [0, 0.1) is 0 Å². The van der Waals surface area contributed by atoms with E-state index in [0.29, 0.717) is 37.9 Å². The molecule has 2 N–H and O–H groups in total. The third-order valence-electron chi connectivity index (χ3n) is 4.71. The first kappa shape index (κ1) is 19.4. The molecule has 0 radical (unpaired) electrons. The maximum Gasteiger partial charge on any atom is 0.176 e. The third kappa shape index (κ3) is 3.77. The molecule has 5 rings (SSSR count). The lowest BCUT2D eigenvalue weighted by atomic mass is 10.2. The van der Waals surface area contributed by atoms with Crippen molar-refractivity contribution in [3.05, 3.63) is 47.0 Å². The molecule has 0 aliphatic carbocycles. The van der Waals surface area contributed by atoms with Gasteiger partial charge in [-0.2, -0.15) is 0 Å². The Kier molecular flexibility index (Phi) is 5.34. The number of benzene rings is 1. The second-order valence-corrected chi connectivity index (χ2v) is 8.43. The molecule has 1 aliphatic heterocycles. The standard InChI is InChI=1S/C19H16Cl2N8S/c20-11-2-1-3-12(21)15(11)19-28-18-16(30-19)17(25-10-26-18)27-13-8-14(24-9-23-13)29-6-4-22-5-7-29/h1-3,8-10,22H,4-7H2,(H,23,24,25,26,27). The second kappa shape index (κ2) is 8.27. The Bertz CT molecular complexity index is 1190. The minimum absolute atomic E-state index is 0.542. The predicted molar refractivity (Wildman–Crippen MR) is 121 cm³/mol. The predicted octanol–water partition coefficient (Wildman–Crippen LogP) is 4.00. The lowest BCUT2D eigenvalue weighted by Crippen LogP contribution is -2.43. The van der Waals surface area contributed by atoms with Gasteiger partial charge in [0.1, 0.15) is 34.0 Å². The van der Waals surface area contributed by atoms with Crippen molar-refractivity contribution >= 4 is 62.3 Å². The van der Waals surface area contributed by atoms with Crippen LogP contribution in [0.25, 0.3) is 20.9 Å². The number of nitrogens with one attached hydrogen (secondary N) is 2. The lowest BCUT2D eigenvalue weighted by Gasteiger charge is -2.28. The molecule has 0 saturated carbocycles. The number of anilines is 3. The van der Waals surface area contributed by atoms with Crippen molar-refractivity contribution in [2.24, 2.45) is 0 Å². The van der Waals surface area contributed by atoms with Crippen molar-refractivity contribution in [2.75, 3.05) is 36.4 Å². The Morgan fingerprint density at radius 3 is 2.57 bits per heavy atom. The van der Waals surface area contributed by atoms with E-state index in [1.807, 2.05) is 6.07 Å². The van der Waals surface area contributed by atoms with Crippen molar-refractivity contribution in [1.29, 1.82) is 0 Å². The van der Waals surface area contributed by atoms with Gasteiger partial charge in [0, 0.05) is 37.8 Å². The van der Waals surface area contributed by atoms with Crippen molar-refractivity contribution in [3.8, 4) is 10.6 Å². The molecular formula is C19H16Cl2N8S. The van der Waals surface area contributed by atoms with Gasteiger partial charge >= 0.3 is 0 Å². The molecule has 8 nitrogen and oxygen atoms in total. The van der Waals surface area contributed by atoms with E-state index in [9.17, 15) is 0 Å². The van der Waals surface area contributed by atoms with Crippen LogP contribution in [0.15, 0.2) is 36.9 Å². The first-order valence-electron chi connectivity index (χ1n) is 9.30. The number of fused-ring (bicyclic) bond motifs is 1. The molecule has 3 aromatic heterocycles. The van der Waals surface area contributed by atoms with Crippen molar-refractivity contribution in [1.82, 2.24) is 30.2 Å². The van der Waals surface area contributed by atoms with Crippen LogP contribution in [0.1, 0.15) is 0 Å². The number of piperazine rings is 1. The Morgan fingerprint density at radius 2 is 1.77 bits per heavy atom. The van der Waals surface area contributed by atoms with E-state index in [1.165, 1.54) is 17.7 Å². The maximum absolute atomic E-state index is 6.36. The third-order valence-corrected chi connectivity index (χ3v) is 6.41. The first-order valence-corrected chi connectivity index (χ1v) is 10.9. The summed E-state index contributed by atoms with van der Waals surface area (Å²) in [7, 11) is 0. The number of rotatable bonds is 4. The number of hydrogen-bond donors (Lipinski definition) is 2. The van der Waals surface area contributed by atoms with E-state index in [2.05, 4.69) is 40.5 Å². The van der Waals surface area contributed by atoms with Crippen LogP contribution in [0.2, 0.25) is 10.0 Å². The van der Waals surface area contributed by atoms with Crippen molar-refractivity contribution in [2.45, 2.75) is 0 Å². The molecule has 4 aromatic rings. The molecule has 0 amide bonds. The van der Waals surface area contributed by atoms with E-state index in [0.717, 1.165) is 36.7 Å². The molecule has 0 atom stereocenters. The van der Waals surface area contributed by atoms with Crippen molar-refractivity contribution < 1.29 is 0 Å². The van der Waals surface area contributed by atoms with E-state index in [-0.39, 0.29) is 0 Å². The minimum atomic E-state index is 0.542.